The van der Waals surface area contributed by atoms with Gasteiger partial charge in [0.2, 0.25) is 0 Å². The van der Waals surface area contributed by atoms with Gasteiger partial charge in [-0.1, -0.05) is 12.1 Å². The van der Waals surface area contributed by atoms with Crippen LogP contribution in [0.25, 0.3) is 0 Å². The van der Waals surface area contributed by atoms with E-state index in [0.717, 1.165) is 5.56 Å². The number of ether oxygens (including phenoxy) is 2. The van der Waals surface area contributed by atoms with E-state index in [1.165, 1.54) is 12.1 Å². The third-order valence-corrected chi connectivity index (χ3v) is 2.43. The van der Waals surface area contributed by atoms with Gasteiger partial charge in [-0.25, -0.2) is 4.39 Å². The van der Waals surface area contributed by atoms with Crippen molar-refractivity contribution in [3.63, 3.8) is 0 Å². The van der Waals surface area contributed by atoms with Crippen molar-refractivity contribution in [2.24, 2.45) is 5.84 Å². The zero-order valence-corrected chi connectivity index (χ0v) is 9.99. The Bertz CT molecular complexity index is 323. The maximum Gasteiger partial charge on any atom is 0.123 e. The molecule has 17 heavy (non-hydrogen) atoms. The highest BCUT2D eigenvalue weighted by atomic mass is 19.1. The molecule has 0 fully saturated rings. The largest absolute Gasteiger partial charge is 0.382 e. The van der Waals surface area contributed by atoms with Gasteiger partial charge in [0.15, 0.2) is 0 Å². The first-order valence-corrected chi connectivity index (χ1v) is 5.56. The van der Waals surface area contributed by atoms with Crippen LogP contribution in [-0.2, 0) is 9.47 Å². The van der Waals surface area contributed by atoms with Crippen molar-refractivity contribution in [3.8, 4) is 0 Å². The molecule has 5 heteroatoms. The Morgan fingerprint density at radius 1 is 1.35 bits per heavy atom. The summed E-state index contributed by atoms with van der Waals surface area (Å²) in [5.74, 6) is 5.18. The molecule has 4 nitrogen and oxygen atoms in total. The summed E-state index contributed by atoms with van der Waals surface area (Å²) >= 11 is 0. The zero-order valence-electron chi connectivity index (χ0n) is 9.99. The lowest BCUT2D eigenvalue weighted by Crippen LogP contribution is -2.29. The van der Waals surface area contributed by atoms with Gasteiger partial charge in [-0.2, -0.15) is 0 Å². The molecule has 0 aromatic heterocycles. The lowest BCUT2D eigenvalue weighted by atomic mass is 10.0. The molecule has 1 aromatic rings. The summed E-state index contributed by atoms with van der Waals surface area (Å²) in [6.45, 7) is 1.67. The Hall–Kier alpha value is -1.01. The summed E-state index contributed by atoms with van der Waals surface area (Å²) in [6, 6.07) is 6.28. The first-order chi connectivity index (χ1) is 8.27. The second-order valence-electron chi connectivity index (χ2n) is 3.67. The van der Waals surface area contributed by atoms with Crippen LogP contribution in [0.4, 0.5) is 4.39 Å². The van der Waals surface area contributed by atoms with E-state index in [4.69, 9.17) is 15.3 Å². The molecule has 1 aromatic carbocycles. The van der Waals surface area contributed by atoms with E-state index in [1.807, 2.05) is 6.07 Å². The maximum absolute atomic E-state index is 13.0. The van der Waals surface area contributed by atoms with Crippen LogP contribution in [0.1, 0.15) is 18.0 Å². The molecule has 1 atom stereocenters. The third kappa shape index (κ3) is 5.23. The summed E-state index contributed by atoms with van der Waals surface area (Å²) < 4.78 is 23.2. The summed E-state index contributed by atoms with van der Waals surface area (Å²) in [6.07, 6.45) is 0.684. The van der Waals surface area contributed by atoms with Gasteiger partial charge in [0.1, 0.15) is 5.82 Å². The highest BCUT2D eigenvalue weighted by molar-refractivity contribution is 5.19. The molecule has 0 aliphatic carbocycles. The molecule has 1 rings (SSSR count). The lowest BCUT2D eigenvalue weighted by molar-refractivity contribution is 0.0657. The predicted molar refractivity (Wildman–Crippen MR) is 63.8 cm³/mol. The smallest absolute Gasteiger partial charge is 0.123 e. The number of halogens is 1. The van der Waals surface area contributed by atoms with Crippen molar-refractivity contribution in [2.75, 3.05) is 26.9 Å². The van der Waals surface area contributed by atoms with Crippen LogP contribution < -0.4 is 11.3 Å². The van der Waals surface area contributed by atoms with Crippen LogP contribution in [0.2, 0.25) is 0 Å². The minimum Gasteiger partial charge on any atom is -0.382 e. The highest BCUT2D eigenvalue weighted by Gasteiger charge is 2.09. The van der Waals surface area contributed by atoms with Crippen molar-refractivity contribution in [3.05, 3.63) is 35.6 Å². The van der Waals surface area contributed by atoms with E-state index < -0.39 is 0 Å². The second kappa shape index (κ2) is 8.14. The fourth-order valence-electron chi connectivity index (χ4n) is 1.52. The quantitative estimate of drug-likeness (QED) is 0.411. The standard InChI is InChI=1S/C12H19FN2O2/c1-16-7-8-17-6-5-12(15-14)10-3-2-4-11(13)9-10/h2-4,9,12,15H,5-8,14H2,1H3. The first kappa shape index (κ1) is 14.1. The van der Waals surface area contributed by atoms with Crippen molar-refractivity contribution in [1.82, 2.24) is 5.43 Å². The van der Waals surface area contributed by atoms with Gasteiger partial charge >= 0.3 is 0 Å². The molecule has 0 heterocycles. The number of hydrogen-bond donors (Lipinski definition) is 2. The topological polar surface area (TPSA) is 56.5 Å². The number of rotatable bonds is 8. The summed E-state index contributed by atoms with van der Waals surface area (Å²) in [4.78, 5) is 0. The SMILES string of the molecule is COCCOCCC(NN)c1cccc(F)c1. The van der Waals surface area contributed by atoms with E-state index >= 15 is 0 Å². The Morgan fingerprint density at radius 3 is 2.82 bits per heavy atom. The number of hydrogen-bond acceptors (Lipinski definition) is 4. The molecule has 96 valence electrons. The first-order valence-electron chi connectivity index (χ1n) is 5.56. The van der Waals surface area contributed by atoms with Crippen molar-refractivity contribution >= 4 is 0 Å². The van der Waals surface area contributed by atoms with Crippen molar-refractivity contribution in [2.45, 2.75) is 12.5 Å². The molecule has 1 unspecified atom stereocenters. The van der Waals surface area contributed by atoms with Crippen LogP contribution in [-0.4, -0.2) is 26.9 Å². The average Bonchev–Trinajstić information content (AvgIpc) is 2.34. The maximum atomic E-state index is 13.0. The predicted octanol–water partition coefficient (Wildman–Crippen LogP) is 1.38. The van der Waals surface area contributed by atoms with Gasteiger partial charge in [-0.05, 0) is 24.1 Å². The molecule has 0 amide bonds. The number of methoxy groups -OCH3 is 1. The molecular formula is C12H19FN2O2. The molecule has 0 bridgehead atoms. The molecule has 0 saturated heterocycles. The number of hydrazine groups is 1. The van der Waals surface area contributed by atoms with Gasteiger partial charge in [-0.15, -0.1) is 0 Å². The van der Waals surface area contributed by atoms with Gasteiger partial charge in [0.25, 0.3) is 0 Å². The van der Waals surface area contributed by atoms with Crippen LogP contribution in [0, 0.1) is 5.82 Å². The summed E-state index contributed by atoms with van der Waals surface area (Å²) in [5.41, 5.74) is 3.48. The molecule has 0 saturated carbocycles. The lowest BCUT2D eigenvalue weighted by Gasteiger charge is -2.16. The van der Waals surface area contributed by atoms with Crippen LogP contribution in [0.15, 0.2) is 24.3 Å². The number of benzene rings is 1. The Labute approximate surface area is 101 Å². The second-order valence-corrected chi connectivity index (χ2v) is 3.67. The molecular weight excluding hydrogens is 223 g/mol. The van der Waals surface area contributed by atoms with E-state index in [2.05, 4.69) is 5.43 Å². The number of nitrogens with two attached hydrogens (primary N) is 1. The van der Waals surface area contributed by atoms with Crippen LogP contribution in [0.3, 0.4) is 0 Å². The zero-order chi connectivity index (χ0) is 12.5. The van der Waals surface area contributed by atoms with Crippen molar-refractivity contribution < 1.29 is 13.9 Å². The Morgan fingerprint density at radius 2 is 2.18 bits per heavy atom. The number of nitrogens with one attached hydrogen (secondary N) is 1. The van der Waals surface area contributed by atoms with Gasteiger partial charge in [0.05, 0.1) is 13.2 Å². The minimum atomic E-state index is -0.261. The van der Waals surface area contributed by atoms with E-state index in [-0.39, 0.29) is 11.9 Å². The summed E-state index contributed by atoms with van der Waals surface area (Å²) in [7, 11) is 1.63. The van der Waals surface area contributed by atoms with Gasteiger partial charge in [-0.3, -0.25) is 11.3 Å². The summed E-state index contributed by atoms with van der Waals surface area (Å²) in [5, 5.41) is 0. The van der Waals surface area contributed by atoms with E-state index in [9.17, 15) is 4.39 Å². The van der Waals surface area contributed by atoms with Crippen molar-refractivity contribution in [1.29, 1.82) is 0 Å². The van der Waals surface area contributed by atoms with E-state index in [1.54, 1.807) is 13.2 Å². The fourth-order valence-corrected chi connectivity index (χ4v) is 1.52. The monoisotopic (exact) mass is 242 g/mol. The average molecular weight is 242 g/mol. The molecule has 0 radical (unpaired) electrons. The van der Waals surface area contributed by atoms with Crippen LogP contribution >= 0.6 is 0 Å². The highest BCUT2D eigenvalue weighted by Crippen LogP contribution is 2.16. The minimum absolute atomic E-state index is 0.103. The Kier molecular flexibility index (Phi) is 6.73. The van der Waals surface area contributed by atoms with Gasteiger partial charge in [0, 0.05) is 19.8 Å². The fraction of sp³-hybridized carbons (Fsp3) is 0.500. The third-order valence-electron chi connectivity index (χ3n) is 2.43. The molecule has 0 aliphatic rings. The Balaban J connectivity index is 2.38. The molecule has 0 aliphatic heterocycles. The van der Waals surface area contributed by atoms with Crippen LogP contribution in [0.5, 0.6) is 0 Å². The molecule has 3 N–H and O–H groups in total. The van der Waals surface area contributed by atoms with Gasteiger partial charge < -0.3 is 9.47 Å². The normalized spacial score (nSPS) is 12.6. The molecule has 0 spiro atoms. The van der Waals surface area contributed by atoms with E-state index in [0.29, 0.717) is 26.2 Å².